The number of rotatable bonds is 2. The Balaban J connectivity index is 2.24. The maximum Gasteiger partial charge on any atom is 0.153 e. The molecular formula is C11H11N5. The fourth-order valence-electron chi connectivity index (χ4n) is 1.17. The fourth-order valence-corrected chi connectivity index (χ4v) is 1.17. The average Bonchev–Trinajstić information content (AvgIpc) is 2.29. The van der Waals surface area contributed by atoms with Gasteiger partial charge in [0.2, 0.25) is 0 Å². The third-order valence-corrected chi connectivity index (χ3v) is 1.95. The minimum atomic E-state index is 0.277. The smallest absolute Gasteiger partial charge is 0.153 e. The van der Waals surface area contributed by atoms with Crippen LogP contribution in [0.3, 0.4) is 0 Å². The Morgan fingerprint density at radius 1 is 0.875 bits per heavy atom. The minimum absolute atomic E-state index is 0.277. The Hall–Kier alpha value is -2.43. The number of nitrogens with two attached hydrogens (primary N) is 2. The molecule has 0 saturated heterocycles. The molecule has 0 spiro atoms. The van der Waals surface area contributed by atoms with Crippen LogP contribution in [0.15, 0.2) is 52.7 Å². The molecule has 0 radical (unpaired) electrons. The lowest BCUT2D eigenvalue weighted by molar-refractivity contribution is 1.21. The highest BCUT2D eigenvalue weighted by atomic mass is 15.1. The SMILES string of the molecule is Nc1ccc(/N=N/c2ccccc2)c(N)n1. The molecule has 0 aliphatic carbocycles. The lowest BCUT2D eigenvalue weighted by Crippen LogP contribution is -1.95. The summed E-state index contributed by atoms with van der Waals surface area (Å²) in [6.45, 7) is 0. The van der Waals surface area contributed by atoms with Crippen LogP contribution >= 0.6 is 0 Å². The molecule has 0 bridgehead atoms. The summed E-state index contributed by atoms with van der Waals surface area (Å²) in [7, 11) is 0. The molecule has 1 aromatic carbocycles. The number of azo groups is 1. The lowest BCUT2D eigenvalue weighted by atomic mass is 10.3. The van der Waals surface area contributed by atoms with E-state index in [1.54, 1.807) is 12.1 Å². The molecule has 5 heteroatoms. The van der Waals surface area contributed by atoms with Crippen molar-refractivity contribution in [3.63, 3.8) is 0 Å². The number of hydrogen-bond acceptors (Lipinski definition) is 5. The summed E-state index contributed by atoms with van der Waals surface area (Å²) in [5, 5.41) is 8.03. The molecule has 80 valence electrons. The molecule has 1 aromatic heterocycles. The van der Waals surface area contributed by atoms with Crippen LogP contribution < -0.4 is 11.5 Å². The molecule has 0 fully saturated rings. The van der Waals surface area contributed by atoms with Crippen LogP contribution in [0.5, 0.6) is 0 Å². The number of anilines is 2. The van der Waals surface area contributed by atoms with Crippen LogP contribution in [0.4, 0.5) is 23.0 Å². The molecule has 5 nitrogen and oxygen atoms in total. The van der Waals surface area contributed by atoms with Gasteiger partial charge in [0.15, 0.2) is 5.82 Å². The van der Waals surface area contributed by atoms with Gasteiger partial charge in [-0.25, -0.2) is 4.98 Å². The predicted molar refractivity (Wildman–Crippen MR) is 63.7 cm³/mol. The van der Waals surface area contributed by atoms with Gasteiger partial charge >= 0.3 is 0 Å². The summed E-state index contributed by atoms with van der Waals surface area (Å²) in [5.41, 5.74) is 12.4. The molecule has 0 aliphatic heterocycles. The Morgan fingerprint density at radius 3 is 2.31 bits per heavy atom. The molecule has 0 saturated carbocycles. The van der Waals surface area contributed by atoms with Crippen LogP contribution in [-0.2, 0) is 0 Å². The first-order chi connectivity index (χ1) is 7.75. The van der Waals surface area contributed by atoms with E-state index >= 15 is 0 Å². The van der Waals surface area contributed by atoms with E-state index in [2.05, 4.69) is 15.2 Å². The van der Waals surface area contributed by atoms with E-state index in [1.165, 1.54) is 0 Å². The van der Waals surface area contributed by atoms with E-state index in [0.29, 0.717) is 11.5 Å². The zero-order valence-corrected chi connectivity index (χ0v) is 8.54. The number of nitrogens with zero attached hydrogens (tertiary/aromatic N) is 3. The Labute approximate surface area is 92.8 Å². The van der Waals surface area contributed by atoms with Crippen molar-refractivity contribution >= 4 is 23.0 Å². The van der Waals surface area contributed by atoms with Crippen molar-refractivity contribution in [3.05, 3.63) is 42.5 Å². The lowest BCUT2D eigenvalue weighted by Gasteiger charge is -1.98. The van der Waals surface area contributed by atoms with E-state index in [9.17, 15) is 0 Å². The third kappa shape index (κ3) is 2.33. The average molecular weight is 213 g/mol. The highest BCUT2D eigenvalue weighted by molar-refractivity contribution is 5.60. The second kappa shape index (κ2) is 4.39. The summed E-state index contributed by atoms with van der Waals surface area (Å²) in [6, 6.07) is 12.7. The van der Waals surface area contributed by atoms with Gasteiger partial charge in [-0.3, -0.25) is 0 Å². The molecule has 0 amide bonds. The van der Waals surface area contributed by atoms with Gasteiger partial charge in [-0.15, -0.1) is 5.11 Å². The summed E-state index contributed by atoms with van der Waals surface area (Å²) < 4.78 is 0. The van der Waals surface area contributed by atoms with Gasteiger partial charge in [-0.05, 0) is 24.3 Å². The molecule has 0 atom stereocenters. The summed E-state index contributed by atoms with van der Waals surface area (Å²) in [4.78, 5) is 3.89. The van der Waals surface area contributed by atoms with Gasteiger partial charge in [0.25, 0.3) is 0 Å². The monoisotopic (exact) mass is 213 g/mol. The van der Waals surface area contributed by atoms with Crippen LogP contribution in [0.1, 0.15) is 0 Å². The minimum Gasteiger partial charge on any atom is -0.384 e. The topological polar surface area (TPSA) is 89.6 Å². The van der Waals surface area contributed by atoms with Crippen molar-refractivity contribution < 1.29 is 0 Å². The largest absolute Gasteiger partial charge is 0.384 e. The predicted octanol–water partition coefficient (Wildman–Crippen LogP) is 2.66. The number of nitrogen functional groups attached to an aromatic ring is 2. The van der Waals surface area contributed by atoms with Crippen molar-refractivity contribution in [1.29, 1.82) is 0 Å². The van der Waals surface area contributed by atoms with Crippen molar-refractivity contribution in [1.82, 2.24) is 4.98 Å². The summed E-state index contributed by atoms with van der Waals surface area (Å²) >= 11 is 0. The van der Waals surface area contributed by atoms with Gasteiger partial charge in [0, 0.05) is 0 Å². The van der Waals surface area contributed by atoms with Gasteiger partial charge < -0.3 is 11.5 Å². The van der Waals surface area contributed by atoms with E-state index < -0.39 is 0 Å². The fraction of sp³-hybridized carbons (Fsp3) is 0. The van der Waals surface area contributed by atoms with Crippen LogP contribution in [0, 0.1) is 0 Å². The molecular weight excluding hydrogens is 202 g/mol. The number of aromatic nitrogens is 1. The molecule has 2 rings (SSSR count). The second-order valence-electron chi connectivity index (χ2n) is 3.18. The first-order valence-corrected chi connectivity index (χ1v) is 4.74. The first-order valence-electron chi connectivity index (χ1n) is 4.74. The summed E-state index contributed by atoms with van der Waals surface area (Å²) in [6.07, 6.45) is 0. The molecule has 16 heavy (non-hydrogen) atoms. The highest BCUT2D eigenvalue weighted by Gasteiger charge is 1.98. The zero-order valence-electron chi connectivity index (χ0n) is 8.54. The van der Waals surface area contributed by atoms with Crippen molar-refractivity contribution in [2.24, 2.45) is 10.2 Å². The second-order valence-corrected chi connectivity index (χ2v) is 3.18. The first kappa shape index (κ1) is 10.1. The maximum atomic E-state index is 5.64. The number of benzene rings is 1. The van der Waals surface area contributed by atoms with Gasteiger partial charge in [0.1, 0.15) is 11.5 Å². The number of pyridine rings is 1. The Morgan fingerprint density at radius 2 is 1.62 bits per heavy atom. The van der Waals surface area contributed by atoms with Crippen molar-refractivity contribution in [3.8, 4) is 0 Å². The van der Waals surface area contributed by atoms with E-state index in [-0.39, 0.29) is 5.82 Å². The van der Waals surface area contributed by atoms with Gasteiger partial charge in [0.05, 0.1) is 5.69 Å². The van der Waals surface area contributed by atoms with Gasteiger partial charge in [-0.1, -0.05) is 18.2 Å². The Bertz CT molecular complexity index is 507. The maximum absolute atomic E-state index is 5.64. The highest BCUT2D eigenvalue weighted by Crippen LogP contribution is 2.23. The van der Waals surface area contributed by atoms with E-state index in [1.807, 2.05) is 30.3 Å². The van der Waals surface area contributed by atoms with Crippen LogP contribution in [-0.4, -0.2) is 4.98 Å². The third-order valence-electron chi connectivity index (χ3n) is 1.95. The van der Waals surface area contributed by atoms with Crippen LogP contribution in [0.2, 0.25) is 0 Å². The standard InChI is InChI=1S/C11H11N5/c12-10-7-6-9(11(13)14-10)16-15-8-4-2-1-3-5-8/h1-7H,(H4,12,13,14)/b16-15+. The molecule has 1 heterocycles. The zero-order chi connectivity index (χ0) is 11.4. The Kier molecular flexibility index (Phi) is 2.77. The quantitative estimate of drug-likeness (QED) is 0.751. The van der Waals surface area contributed by atoms with Crippen molar-refractivity contribution in [2.45, 2.75) is 0 Å². The van der Waals surface area contributed by atoms with E-state index in [0.717, 1.165) is 5.69 Å². The normalized spacial score (nSPS) is 10.8. The molecule has 0 aliphatic rings. The van der Waals surface area contributed by atoms with E-state index in [4.69, 9.17) is 11.5 Å². The summed E-state index contributed by atoms with van der Waals surface area (Å²) in [5.74, 6) is 0.649. The molecule has 2 aromatic rings. The van der Waals surface area contributed by atoms with Gasteiger partial charge in [-0.2, -0.15) is 5.11 Å². The van der Waals surface area contributed by atoms with Crippen molar-refractivity contribution in [2.75, 3.05) is 11.5 Å². The number of hydrogen-bond donors (Lipinski definition) is 2. The molecule has 4 N–H and O–H groups in total. The molecule has 0 unspecified atom stereocenters. The van der Waals surface area contributed by atoms with Crippen LogP contribution in [0.25, 0.3) is 0 Å².